The van der Waals surface area contributed by atoms with Crippen LogP contribution in [0, 0.1) is 17.3 Å². The van der Waals surface area contributed by atoms with Gasteiger partial charge in [-0.2, -0.15) is 0 Å². The van der Waals surface area contributed by atoms with Crippen molar-refractivity contribution in [2.45, 2.75) is 34.1 Å². The minimum absolute atomic E-state index is 0.144. The van der Waals surface area contributed by atoms with Crippen LogP contribution < -0.4 is 0 Å². The number of hydrogen-bond donors (Lipinski definition) is 1. The third kappa shape index (κ3) is 2.49. The molecule has 0 aromatic carbocycles. The molecule has 0 heterocycles. The molecule has 1 rings (SSSR count). The molecule has 0 amide bonds. The zero-order chi connectivity index (χ0) is 11.6. The number of carbonyl (C=O) groups is 1. The van der Waals surface area contributed by atoms with Crippen LogP contribution in [0.1, 0.15) is 34.1 Å². The Morgan fingerprint density at radius 2 is 2.20 bits per heavy atom. The Hall–Kier alpha value is -1.05. The largest absolute Gasteiger partial charge is 0.478 e. The molecule has 0 aromatic rings. The molecule has 1 N–H and O–H groups in total. The third-order valence-corrected chi connectivity index (χ3v) is 3.79. The highest BCUT2D eigenvalue weighted by atomic mass is 16.4. The molecule has 1 aliphatic rings. The first-order chi connectivity index (χ1) is 6.85. The van der Waals surface area contributed by atoms with Crippen LogP contribution in [0.4, 0.5) is 0 Å². The number of rotatable bonds is 2. The minimum Gasteiger partial charge on any atom is -0.478 e. The van der Waals surface area contributed by atoms with Crippen molar-refractivity contribution in [1.82, 2.24) is 0 Å². The van der Waals surface area contributed by atoms with Crippen molar-refractivity contribution in [3.63, 3.8) is 0 Å². The smallest absolute Gasteiger partial charge is 0.327 e. The van der Waals surface area contributed by atoms with Crippen LogP contribution in [0.2, 0.25) is 0 Å². The zero-order valence-electron chi connectivity index (χ0n) is 9.95. The van der Waals surface area contributed by atoms with Crippen molar-refractivity contribution >= 4 is 5.97 Å². The Balaban J connectivity index is 2.96. The first kappa shape index (κ1) is 12.0. The predicted molar refractivity (Wildman–Crippen MR) is 61.6 cm³/mol. The Bertz CT molecular complexity index is 310. The quantitative estimate of drug-likeness (QED) is 0.558. The fraction of sp³-hybridized carbons (Fsp3) is 0.615. The van der Waals surface area contributed by atoms with Crippen molar-refractivity contribution in [3.05, 3.63) is 23.8 Å². The Labute approximate surface area is 91.7 Å². The maximum Gasteiger partial charge on any atom is 0.327 e. The van der Waals surface area contributed by atoms with Crippen LogP contribution in [0.5, 0.6) is 0 Å². The van der Waals surface area contributed by atoms with Gasteiger partial charge in [-0.25, -0.2) is 4.79 Å². The molecule has 0 aliphatic heterocycles. The molecule has 0 spiro atoms. The highest BCUT2D eigenvalue weighted by Crippen LogP contribution is 2.45. The van der Waals surface area contributed by atoms with Crippen LogP contribution in [0.3, 0.4) is 0 Å². The summed E-state index contributed by atoms with van der Waals surface area (Å²) in [5.41, 5.74) is 1.43. The van der Waals surface area contributed by atoms with E-state index in [1.54, 1.807) is 0 Å². The molecule has 2 heteroatoms. The second-order valence-electron chi connectivity index (χ2n) is 5.08. The minimum atomic E-state index is -0.864. The van der Waals surface area contributed by atoms with E-state index in [0.717, 1.165) is 6.42 Å². The van der Waals surface area contributed by atoms with Gasteiger partial charge in [0.2, 0.25) is 0 Å². The van der Waals surface area contributed by atoms with Crippen LogP contribution in [-0.2, 0) is 4.79 Å². The molecule has 2 atom stereocenters. The zero-order valence-corrected chi connectivity index (χ0v) is 9.95. The molecular weight excluding hydrogens is 188 g/mol. The predicted octanol–water partition coefficient (Wildman–Crippen LogP) is 3.26. The fourth-order valence-corrected chi connectivity index (χ4v) is 2.27. The lowest BCUT2D eigenvalue weighted by molar-refractivity contribution is -0.131. The SMILES string of the molecule is CC1=CC[C@H](C)C(C)(C)[C@@H]1/C=C/C(=O)O. The molecule has 0 saturated heterocycles. The molecule has 0 saturated carbocycles. The van der Waals surface area contributed by atoms with E-state index in [-0.39, 0.29) is 11.3 Å². The van der Waals surface area contributed by atoms with Gasteiger partial charge in [0, 0.05) is 12.0 Å². The lowest BCUT2D eigenvalue weighted by atomic mass is 9.63. The average Bonchev–Trinajstić information content (AvgIpc) is 2.11. The lowest BCUT2D eigenvalue weighted by Crippen LogP contribution is -2.33. The van der Waals surface area contributed by atoms with E-state index < -0.39 is 5.97 Å². The number of allylic oxidation sites excluding steroid dienone is 3. The van der Waals surface area contributed by atoms with Gasteiger partial charge in [0.05, 0.1) is 0 Å². The Morgan fingerprint density at radius 1 is 1.60 bits per heavy atom. The standard InChI is InChI=1S/C13H20O2/c1-9-5-6-10(2)13(3,4)11(9)7-8-12(14)15/h5,7-8,10-11H,6H2,1-4H3,(H,14,15)/b8-7+/t10-,11+/m0/s1. The summed E-state index contributed by atoms with van der Waals surface area (Å²) in [6, 6.07) is 0. The summed E-state index contributed by atoms with van der Waals surface area (Å²) in [5, 5.41) is 8.66. The maximum atomic E-state index is 10.5. The molecule has 15 heavy (non-hydrogen) atoms. The van der Waals surface area contributed by atoms with Gasteiger partial charge in [0.1, 0.15) is 0 Å². The van der Waals surface area contributed by atoms with Gasteiger partial charge >= 0.3 is 5.97 Å². The average molecular weight is 208 g/mol. The third-order valence-electron chi connectivity index (χ3n) is 3.79. The molecule has 84 valence electrons. The van der Waals surface area contributed by atoms with Crippen molar-refractivity contribution in [2.24, 2.45) is 17.3 Å². The summed E-state index contributed by atoms with van der Waals surface area (Å²) in [4.78, 5) is 10.5. The molecule has 0 fully saturated rings. The molecule has 0 radical (unpaired) electrons. The molecule has 0 unspecified atom stereocenters. The Kier molecular flexibility index (Phi) is 3.38. The van der Waals surface area contributed by atoms with E-state index in [9.17, 15) is 4.79 Å². The summed E-state index contributed by atoms with van der Waals surface area (Å²) in [6.07, 6.45) is 6.41. The second kappa shape index (κ2) is 4.21. The summed E-state index contributed by atoms with van der Waals surface area (Å²) < 4.78 is 0. The van der Waals surface area contributed by atoms with Crippen LogP contribution in [-0.4, -0.2) is 11.1 Å². The van der Waals surface area contributed by atoms with E-state index in [1.807, 2.05) is 6.08 Å². The van der Waals surface area contributed by atoms with E-state index in [0.29, 0.717) is 5.92 Å². The molecule has 2 nitrogen and oxygen atoms in total. The van der Waals surface area contributed by atoms with E-state index in [2.05, 4.69) is 33.8 Å². The first-order valence-electron chi connectivity index (χ1n) is 5.43. The summed E-state index contributed by atoms with van der Waals surface area (Å²) in [7, 11) is 0. The maximum absolute atomic E-state index is 10.5. The summed E-state index contributed by atoms with van der Waals surface area (Å²) >= 11 is 0. The molecule has 0 aromatic heterocycles. The topological polar surface area (TPSA) is 37.3 Å². The number of hydrogen-bond acceptors (Lipinski definition) is 1. The molecule has 1 aliphatic carbocycles. The summed E-state index contributed by atoms with van der Waals surface area (Å²) in [6.45, 7) is 8.74. The van der Waals surface area contributed by atoms with Gasteiger partial charge in [-0.1, -0.05) is 38.5 Å². The van der Waals surface area contributed by atoms with E-state index in [4.69, 9.17) is 5.11 Å². The van der Waals surface area contributed by atoms with Gasteiger partial charge in [0.15, 0.2) is 0 Å². The van der Waals surface area contributed by atoms with E-state index >= 15 is 0 Å². The fourth-order valence-electron chi connectivity index (χ4n) is 2.27. The van der Waals surface area contributed by atoms with Crippen molar-refractivity contribution in [2.75, 3.05) is 0 Å². The number of carboxylic acid groups (broad SMARTS) is 1. The van der Waals surface area contributed by atoms with Gasteiger partial charge in [-0.3, -0.25) is 0 Å². The van der Waals surface area contributed by atoms with Gasteiger partial charge in [0.25, 0.3) is 0 Å². The highest BCUT2D eigenvalue weighted by Gasteiger charge is 2.36. The monoisotopic (exact) mass is 208 g/mol. The number of carboxylic acids is 1. The van der Waals surface area contributed by atoms with Gasteiger partial charge in [-0.05, 0) is 24.7 Å². The van der Waals surface area contributed by atoms with E-state index in [1.165, 1.54) is 11.6 Å². The van der Waals surface area contributed by atoms with Crippen molar-refractivity contribution < 1.29 is 9.90 Å². The van der Waals surface area contributed by atoms with Gasteiger partial charge in [-0.15, -0.1) is 0 Å². The van der Waals surface area contributed by atoms with Gasteiger partial charge < -0.3 is 5.11 Å². The van der Waals surface area contributed by atoms with Crippen LogP contribution in [0.25, 0.3) is 0 Å². The normalized spacial score (nSPS) is 30.3. The lowest BCUT2D eigenvalue weighted by Gasteiger charge is -2.42. The molecule has 0 bridgehead atoms. The summed E-state index contributed by atoms with van der Waals surface area (Å²) in [5.74, 6) is -0.0289. The van der Waals surface area contributed by atoms with Crippen molar-refractivity contribution in [1.29, 1.82) is 0 Å². The van der Waals surface area contributed by atoms with Crippen molar-refractivity contribution in [3.8, 4) is 0 Å². The van der Waals surface area contributed by atoms with Crippen LogP contribution in [0.15, 0.2) is 23.8 Å². The molecular formula is C13H20O2. The first-order valence-corrected chi connectivity index (χ1v) is 5.43. The highest BCUT2D eigenvalue weighted by molar-refractivity contribution is 5.79. The Morgan fingerprint density at radius 3 is 2.73 bits per heavy atom. The second-order valence-corrected chi connectivity index (χ2v) is 5.08. The van der Waals surface area contributed by atoms with Crippen LogP contribution >= 0.6 is 0 Å². The number of aliphatic carboxylic acids is 1.